The maximum atomic E-state index is 6.02. The van der Waals surface area contributed by atoms with Crippen LogP contribution in [0.5, 0.6) is 0 Å². The summed E-state index contributed by atoms with van der Waals surface area (Å²) in [6, 6.07) is 9.33. The van der Waals surface area contributed by atoms with Crippen molar-refractivity contribution >= 4 is 11.6 Å². The lowest BCUT2D eigenvalue weighted by Gasteiger charge is -2.43. The molecule has 1 aromatic carbocycles. The molecule has 140 valence electrons. The summed E-state index contributed by atoms with van der Waals surface area (Å²) in [6.07, 6.45) is 7.61. The number of oxazole rings is 1. The lowest BCUT2D eigenvalue weighted by atomic mass is 9.84. The fraction of sp³-hybridized carbons (Fsp3) is 0.571. The number of halogens is 1. The molecule has 1 saturated carbocycles. The summed E-state index contributed by atoms with van der Waals surface area (Å²) in [5, 5.41) is 0.797. The zero-order chi connectivity index (χ0) is 17.9. The molecule has 1 saturated heterocycles. The Hall–Kier alpha value is -1.36. The van der Waals surface area contributed by atoms with Gasteiger partial charge in [0.05, 0.1) is 19.4 Å². The van der Waals surface area contributed by atoms with Gasteiger partial charge in [-0.05, 0) is 56.7 Å². The molecule has 1 aliphatic heterocycles. The van der Waals surface area contributed by atoms with E-state index in [-0.39, 0.29) is 0 Å². The Morgan fingerprint density at radius 1 is 1.15 bits per heavy atom. The van der Waals surface area contributed by atoms with Crippen LogP contribution in [0.3, 0.4) is 0 Å². The number of nitrogens with zero attached hydrogens (tertiary/aromatic N) is 2. The fourth-order valence-corrected chi connectivity index (χ4v) is 4.56. The van der Waals surface area contributed by atoms with Crippen LogP contribution in [0.4, 0.5) is 0 Å². The highest BCUT2D eigenvalue weighted by molar-refractivity contribution is 6.30. The van der Waals surface area contributed by atoms with E-state index in [1.807, 2.05) is 25.3 Å². The SMILES string of the molecule is Cc1cnc(C2CCC(N3CCOC[C@@H]3Cc3ccc(Cl)cc3)CC2)o1. The normalized spacial score (nSPS) is 27.5. The van der Waals surface area contributed by atoms with E-state index in [0.29, 0.717) is 18.0 Å². The van der Waals surface area contributed by atoms with E-state index in [4.69, 9.17) is 20.8 Å². The molecular weight excluding hydrogens is 348 g/mol. The fourth-order valence-electron chi connectivity index (χ4n) is 4.43. The first kappa shape index (κ1) is 18.0. The first-order valence-corrected chi connectivity index (χ1v) is 10.1. The molecule has 0 radical (unpaired) electrons. The van der Waals surface area contributed by atoms with Gasteiger partial charge in [-0.15, -0.1) is 0 Å². The van der Waals surface area contributed by atoms with Gasteiger partial charge in [0.1, 0.15) is 5.76 Å². The van der Waals surface area contributed by atoms with E-state index < -0.39 is 0 Å². The summed E-state index contributed by atoms with van der Waals surface area (Å²) in [4.78, 5) is 7.13. The van der Waals surface area contributed by atoms with E-state index in [1.165, 1.54) is 18.4 Å². The minimum absolute atomic E-state index is 0.454. The summed E-state index contributed by atoms with van der Waals surface area (Å²) in [5.74, 6) is 2.33. The average Bonchev–Trinajstić information content (AvgIpc) is 3.11. The smallest absolute Gasteiger partial charge is 0.197 e. The molecule has 26 heavy (non-hydrogen) atoms. The maximum absolute atomic E-state index is 6.02. The quantitative estimate of drug-likeness (QED) is 0.783. The molecule has 2 fully saturated rings. The maximum Gasteiger partial charge on any atom is 0.197 e. The topological polar surface area (TPSA) is 38.5 Å². The monoisotopic (exact) mass is 374 g/mol. The second-order valence-corrected chi connectivity index (χ2v) is 8.05. The number of aryl methyl sites for hydroxylation is 1. The predicted molar refractivity (Wildman–Crippen MR) is 103 cm³/mol. The number of benzene rings is 1. The van der Waals surface area contributed by atoms with Crippen LogP contribution in [0.2, 0.25) is 5.02 Å². The van der Waals surface area contributed by atoms with Crippen LogP contribution in [0.15, 0.2) is 34.9 Å². The summed E-state index contributed by atoms with van der Waals surface area (Å²) in [5.41, 5.74) is 1.33. The predicted octanol–water partition coefficient (Wildman–Crippen LogP) is 4.61. The third kappa shape index (κ3) is 4.13. The van der Waals surface area contributed by atoms with Gasteiger partial charge in [-0.25, -0.2) is 4.98 Å². The Kier molecular flexibility index (Phi) is 5.63. The molecule has 0 bridgehead atoms. The molecule has 2 heterocycles. The first-order chi connectivity index (χ1) is 12.7. The summed E-state index contributed by atoms with van der Waals surface area (Å²) >= 11 is 6.02. The molecule has 0 spiro atoms. The van der Waals surface area contributed by atoms with Crippen molar-refractivity contribution in [2.24, 2.45) is 0 Å². The minimum atomic E-state index is 0.454. The van der Waals surface area contributed by atoms with Gasteiger partial charge in [-0.3, -0.25) is 4.90 Å². The highest BCUT2D eigenvalue weighted by Gasteiger charge is 2.33. The molecule has 0 unspecified atom stereocenters. The molecule has 4 rings (SSSR count). The second-order valence-electron chi connectivity index (χ2n) is 7.61. The highest BCUT2D eigenvalue weighted by atomic mass is 35.5. The minimum Gasteiger partial charge on any atom is -0.446 e. The summed E-state index contributed by atoms with van der Waals surface area (Å²) < 4.78 is 11.6. The Bertz CT molecular complexity index is 707. The highest BCUT2D eigenvalue weighted by Crippen LogP contribution is 2.35. The van der Waals surface area contributed by atoms with Crippen molar-refractivity contribution in [2.45, 2.75) is 57.0 Å². The molecule has 0 amide bonds. The summed E-state index contributed by atoms with van der Waals surface area (Å²) in [7, 11) is 0. The van der Waals surface area contributed by atoms with E-state index in [2.05, 4.69) is 22.0 Å². The van der Waals surface area contributed by atoms with Crippen LogP contribution in [-0.2, 0) is 11.2 Å². The van der Waals surface area contributed by atoms with E-state index in [1.54, 1.807) is 0 Å². The van der Waals surface area contributed by atoms with Gasteiger partial charge in [0, 0.05) is 29.6 Å². The zero-order valence-corrected chi connectivity index (χ0v) is 16.1. The average molecular weight is 375 g/mol. The van der Waals surface area contributed by atoms with E-state index in [0.717, 1.165) is 55.7 Å². The van der Waals surface area contributed by atoms with Gasteiger partial charge in [0.25, 0.3) is 0 Å². The molecule has 0 N–H and O–H groups in total. The molecule has 2 aliphatic rings. The zero-order valence-electron chi connectivity index (χ0n) is 15.4. The lowest BCUT2D eigenvalue weighted by molar-refractivity contribution is -0.0370. The van der Waals surface area contributed by atoms with Crippen LogP contribution in [-0.4, -0.2) is 41.7 Å². The van der Waals surface area contributed by atoms with Gasteiger partial charge in [-0.2, -0.15) is 0 Å². The number of aromatic nitrogens is 1. The summed E-state index contributed by atoms with van der Waals surface area (Å²) in [6.45, 7) is 4.67. The van der Waals surface area contributed by atoms with Crippen LogP contribution >= 0.6 is 11.6 Å². The molecule has 1 aliphatic carbocycles. The molecule has 1 aromatic heterocycles. The number of ether oxygens (including phenoxy) is 1. The van der Waals surface area contributed by atoms with Crippen LogP contribution in [0.1, 0.15) is 48.8 Å². The largest absolute Gasteiger partial charge is 0.446 e. The second kappa shape index (κ2) is 8.12. The van der Waals surface area contributed by atoms with Crippen LogP contribution in [0, 0.1) is 6.92 Å². The Balaban J connectivity index is 1.38. The molecule has 4 nitrogen and oxygen atoms in total. The van der Waals surface area contributed by atoms with Crippen molar-refractivity contribution in [3.63, 3.8) is 0 Å². The van der Waals surface area contributed by atoms with Gasteiger partial charge in [-0.1, -0.05) is 23.7 Å². The number of hydrogen-bond acceptors (Lipinski definition) is 4. The Labute approximate surface area is 160 Å². The Morgan fingerprint density at radius 2 is 1.92 bits per heavy atom. The first-order valence-electron chi connectivity index (χ1n) is 9.69. The van der Waals surface area contributed by atoms with E-state index >= 15 is 0 Å². The number of hydrogen-bond donors (Lipinski definition) is 0. The number of rotatable bonds is 4. The third-order valence-corrected chi connectivity index (χ3v) is 6.06. The van der Waals surface area contributed by atoms with Gasteiger partial charge in [0.2, 0.25) is 0 Å². The van der Waals surface area contributed by atoms with Gasteiger partial charge in [0.15, 0.2) is 5.89 Å². The van der Waals surface area contributed by atoms with Crippen molar-refractivity contribution in [3.8, 4) is 0 Å². The van der Waals surface area contributed by atoms with Gasteiger partial charge < -0.3 is 9.15 Å². The van der Waals surface area contributed by atoms with Crippen molar-refractivity contribution in [2.75, 3.05) is 19.8 Å². The molecule has 5 heteroatoms. The van der Waals surface area contributed by atoms with Gasteiger partial charge >= 0.3 is 0 Å². The Morgan fingerprint density at radius 3 is 2.62 bits per heavy atom. The molecule has 1 atom stereocenters. The van der Waals surface area contributed by atoms with Crippen LogP contribution < -0.4 is 0 Å². The molecular formula is C21H27ClN2O2. The van der Waals surface area contributed by atoms with Crippen molar-refractivity contribution in [3.05, 3.63) is 52.7 Å². The molecule has 2 aromatic rings. The lowest BCUT2D eigenvalue weighted by Crippen LogP contribution is -2.52. The van der Waals surface area contributed by atoms with Crippen molar-refractivity contribution < 1.29 is 9.15 Å². The van der Waals surface area contributed by atoms with Crippen LogP contribution in [0.25, 0.3) is 0 Å². The van der Waals surface area contributed by atoms with Crippen molar-refractivity contribution in [1.82, 2.24) is 9.88 Å². The number of morpholine rings is 1. The van der Waals surface area contributed by atoms with E-state index in [9.17, 15) is 0 Å². The third-order valence-electron chi connectivity index (χ3n) is 5.81. The van der Waals surface area contributed by atoms with Crippen molar-refractivity contribution in [1.29, 1.82) is 0 Å². The standard InChI is InChI=1S/C21H27ClN2O2/c1-15-13-23-21(26-15)17-4-8-19(9-5-17)24-10-11-25-14-20(24)12-16-2-6-18(22)7-3-16/h2-3,6-7,13,17,19-20H,4-5,8-12,14H2,1H3/t17?,19?,20-/m0/s1.